The fraction of sp³-hybridized carbons (Fsp3) is 0.583. The number of aryl methyl sites for hydroxylation is 1. The van der Waals surface area contributed by atoms with E-state index in [-0.39, 0.29) is 24.5 Å². The molecular formula is C12H15N3O3. The predicted octanol–water partition coefficient (Wildman–Crippen LogP) is 1.30. The van der Waals surface area contributed by atoms with Gasteiger partial charge in [-0.1, -0.05) is 5.16 Å². The summed E-state index contributed by atoms with van der Waals surface area (Å²) in [5.41, 5.74) is 0.752. The van der Waals surface area contributed by atoms with Gasteiger partial charge in [-0.3, -0.25) is 9.69 Å². The molecule has 0 saturated carbocycles. The highest BCUT2D eigenvalue weighted by molar-refractivity contribution is 6.04. The molecule has 0 spiro atoms. The summed E-state index contributed by atoms with van der Waals surface area (Å²) in [7, 11) is 0. The minimum absolute atomic E-state index is 0.103. The van der Waals surface area contributed by atoms with Crippen molar-refractivity contribution in [3.63, 3.8) is 0 Å². The Balaban J connectivity index is 1.80. The molecule has 0 N–H and O–H groups in total. The van der Waals surface area contributed by atoms with Gasteiger partial charge in [0.2, 0.25) is 0 Å². The number of amides is 3. The first-order valence-electron chi connectivity index (χ1n) is 6.21. The lowest BCUT2D eigenvalue weighted by molar-refractivity contribution is -0.129. The van der Waals surface area contributed by atoms with Gasteiger partial charge >= 0.3 is 6.03 Å². The van der Waals surface area contributed by atoms with Crippen LogP contribution in [0.1, 0.15) is 30.7 Å². The molecule has 2 saturated heterocycles. The monoisotopic (exact) mass is 249 g/mol. The van der Waals surface area contributed by atoms with E-state index in [4.69, 9.17) is 4.52 Å². The van der Waals surface area contributed by atoms with E-state index >= 15 is 0 Å². The summed E-state index contributed by atoms with van der Waals surface area (Å²) in [6.07, 6.45) is 2.76. The number of hydrogen-bond acceptors (Lipinski definition) is 4. The third-order valence-corrected chi connectivity index (χ3v) is 3.52. The van der Waals surface area contributed by atoms with Crippen LogP contribution in [0.25, 0.3) is 0 Å². The number of urea groups is 1. The van der Waals surface area contributed by atoms with Crippen LogP contribution in [0.4, 0.5) is 4.79 Å². The summed E-state index contributed by atoms with van der Waals surface area (Å²) in [6.45, 7) is 2.68. The number of imide groups is 1. The van der Waals surface area contributed by atoms with E-state index in [9.17, 15) is 9.59 Å². The van der Waals surface area contributed by atoms with Gasteiger partial charge in [0.15, 0.2) is 5.76 Å². The first kappa shape index (κ1) is 11.3. The molecule has 2 fully saturated rings. The van der Waals surface area contributed by atoms with Crippen molar-refractivity contribution in [3.05, 3.63) is 17.5 Å². The fourth-order valence-electron chi connectivity index (χ4n) is 2.64. The molecule has 0 aromatic carbocycles. The molecule has 2 aliphatic rings. The van der Waals surface area contributed by atoms with Crippen LogP contribution in [0, 0.1) is 6.92 Å². The number of carbonyl (C=O) groups excluding carboxylic acids is 2. The summed E-state index contributed by atoms with van der Waals surface area (Å²) in [4.78, 5) is 27.2. The van der Waals surface area contributed by atoms with Crippen LogP contribution < -0.4 is 0 Å². The number of fused-ring (bicyclic) bond motifs is 1. The standard InChI is InChI=1S/C12H15N3O3/c1-8-6-9(18-13-8)7-15-11(16)10-4-2-3-5-14(10)12(15)17/h6,10H,2-5,7H2,1H3/t10-/m0/s1. The summed E-state index contributed by atoms with van der Waals surface area (Å²) in [6, 6.07) is 1.30. The van der Waals surface area contributed by atoms with Crippen LogP contribution in [0.15, 0.2) is 10.6 Å². The number of rotatable bonds is 2. The zero-order chi connectivity index (χ0) is 12.7. The Morgan fingerprint density at radius 1 is 1.44 bits per heavy atom. The zero-order valence-electron chi connectivity index (χ0n) is 10.3. The second kappa shape index (κ2) is 4.12. The Hall–Kier alpha value is -1.85. The molecule has 3 amide bonds. The van der Waals surface area contributed by atoms with Crippen molar-refractivity contribution in [2.24, 2.45) is 0 Å². The van der Waals surface area contributed by atoms with Crippen molar-refractivity contribution in [1.82, 2.24) is 15.0 Å². The zero-order valence-corrected chi connectivity index (χ0v) is 10.3. The largest absolute Gasteiger partial charge is 0.359 e. The van der Waals surface area contributed by atoms with Gasteiger partial charge in [0.05, 0.1) is 12.2 Å². The molecule has 0 bridgehead atoms. The van der Waals surface area contributed by atoms with E-state index < -0.39 is 0 Å². The maximum absolute atomic E-state index is 12.2. The molecule has 0 radical (unpaired) electrons. The summed E-state index contributed by atoms with van der Waals surface area (Å²) in [5, 5.41) is 3.76. The van der Waals surface area contributed by atoms with Gasteiger partial charge in [-0.05, 0) is 26.2 Å². The smallest absolute Gasteiger partial charge is 0.327 e. The molecule has 0 unspecified atom stereocenters. The maximum atomic E-state index is 12.2. The van der Waals surface area contributed by atoms with Gasteiger partial charge in [-0.25, -0.2) is 4.79 Å². The second-order valence-corrected chi connectivity index (χ2v) is 4.85. The lowest BCUT2D eigenvalue weighted by Crippen LogP contribution is -2.38. The van der Waals surface area contributed by atoms with Gasteiger partial charge in [0.25, 0.3) is 5.91 Å². The highest BCUT2D eigenvalue weighted by atomic mass is 16.5. The van der Waals surface area contributed by atoms with Crippen LogP contribution in [0.2, 0.25) is 0 Å². The number of hydrogen-bond donors (Lipinski definition) is 0. The van der Waals surface area contributed by atoms with Crippen molar-refractivity contribution in [1.29, 1.82) is 0 Å². The van der Waals surface area contributed by atoms with Gasteiger partial charge < -0.3 is 9.42 Å². The lowest BCUT2D eigenvalue weighted by Gasteiger charge is -2.25. The summed E-state index contributed by atoms with van der Waals surface area (Å²) < 4.78 is 5.06. The molecule has 0 aliphatic carbocycles. The van der Waals surface area contributed by atoms with Crippen molar-refractivity contribution in [2.75, 3.05) is 6.54 Å². The van der Waals surface area contributed by atoms with E-state index in [1.54, 1.807) is 11.0 Å². The van der Waals surface area contributed by atoms with Crippen molar-refractivity contribution in [3.8, 4) is 0 Å². The van der Waals surface area contributed by atoms with Crippen molar-refractivity contribution < 1.29 is 14.1 Å². The predicted molar refractivity (Wildman–Crippen MR) is 61.5 cm³/mol. The molecule has 96 valence electrons. The first-order valence-corrected chi connectivity index (χ1v) is 6.21. The minimum atomic E-state index is -0.254. The summed E-state index contributed by atoms with van der Waals surface area (Å²) >= 11 is 0. The summed E-state index contributed by atoms with van der Waals surface area (Å²) in [5.74, 6) is 0.447. The molecule has 1 aromatic rings. The van der Waals surface area contributed by atoms with E-state index in [1.165, 1.54) is 4.90 Å². The third-order valence-electron chi connectivity index (χ3n) is 3.52. The molecule has 1 aromatic heterocycles. The van der Waals surface area contributed by atoms with Crippen LogP contribution in [0.5, 0.6) is 0 Å². The molecule has 2 aliphatic heterocycles. The molecule has 3 rings (SSSR count). The van der Waals surface area contributed by atoms with Gasteiger partial charge in [0.1, 0.15) is 6.04 Å². The van der Waals surface area contributed by atoms with Crippen LogP contribution in [-0.2, 0) is 11.3 Å². The maximum Gasteiger partial charge on any atom is 0.327 e. The van der Waals surface area contributed by atoms with Crippen molar-refractivity contribution in [2.45, 2.75) is 38.8 Å². The number of aromatic nitrogens is 1. The van der Waals surface area contributed by atoms with E-state index in [0.717, 1.165) is 25.0 Å². The Morgan fingerprint density at radius 3 is 2.94 bits per heavy atom. The molecule has 1 atom stereocenters. The third kappa shape index (κ3) is 1.68. The average Bonchev–Trinajstić information content (AvgIpc) is 2.88. The molecule has 6 heteroatoms. The second-order valence-electron chi connectivity index (χ2n) is 4.85. The van der Waals surface area contributed by atoms with Crippen LogP contribution >= 0.6 is 0 Å². The first-order chi connectivity index (χ1) is 8.66. The lowest BCUT2D eigenvalue weighted by atomic mass is 10.0. The van der Waals surface area contributed by atoms with Crippen molar-refractivity contribution >= 4 is 11.9 Å². The molecule has 18 heavy (non-hydrogen) atoms. The fourth-order valence-corrected chi connectivity index (χ4v) is 2.64. The SMILES string of the molecule is Cc1cc(CN2C(=O)[C@@H]3CCCCN3C2=O)on1. The Labute approximate surface area is 105 Å². The van der Waals surface area contributed by atoms with Gasteiger partial charge in [0, 0.05) is 12.6 Å². The highest BCUT2D eigenvalue weighted by Crippen LogP contribution is 2.27. The van der Waals surface area contributed by atoms with E-state index in [2.05, 4.69) is 5.16 Å². The molecular weight excluding hydrogens is 234 g/mol. The van der Waals surface area contributed by atoms with Gasteiger partial charge in [-0.15, -0.1) is 0 Å². The van der Waals surface area contributed by atoms with Crippen LogP contribution in [0.3, 0.4) is 0 Å². The number of piperidine rings is 1. The normalized spacial score (nSPS) is 23.7. The quantitative estimate of drug-likeness (QED) is 0.741. The molecule has 6 nitrogen and oxygen atoms in total. The Morgan fingerprint density at radius 2 is 2.28 bits per heavy atom. The Kier molecular flexibility index (Phi) is 2.57. The van der Waals surface area contributed by atoms with Crippen LogP contribution in [-0.4, -0.2) is 39.5 Å². The van der Waals surface area contributed by atoms with E-state index in [0.29, 0.717) is 12.3 Å². The highest BCUT2D eigenvalue weighted by Gasteiger charge is 2.45. The van der Waals surface area contributed by atoms with Gasteiger partial charge in [-0.2, -0.15) is 0 Å². The molecule has 3 heterocycles. The van der Waals surface area contributed by atoms with E-state index in [1.807, 2.05) is 6.92 Å². The number of carbonyl (C=O) groups is 2. The minimum Gasteiger partial charge on any atom is -0.359 e. The Bertz CT molecular complexity index is 473. The number of nitrogens with zero attached hydrogens (tertiary/aromatic N) is 3. The topological polar surface area (TPSA) is 66.7 Å². The average molecular weight is 249 g/mol.